The van der Waals surface area contributed by atoms with Gasteiger partial charge in [0.1, 0.15) is 5.82 Å². The molecule has 134 valence electrons. The van der Waals surface area contributed by atoms with E-state index in [1.54, 1.807) is 0 Å². The van der Waals surface area contributed by atoms with E-state index in [-0.39, 0.29) is 23.4 Å². The number of amides is 2. The fourth-order valence-electron chi connectivity index (χ4n) is 2.49. The van der Waals surface area contributed by atoms with Crippen LogP contribution < -0.4 is 5.73 Å². The molecule has 0 aromatic heterocycles. The van der Waals surface area contributed by atoms with Crippen LogP contribution in [0, 0.1) is 11.7 Å². The van der Waals surface area contributed by atoms with Crippen LogP contribution in [0.5, 0.6) is 0 Å². The largest absolute Gasteiger partial charge is 0.452 e. The summed E-state index contributed by atoms with van der Waals surface area (Å²) in [5.74, 6) is -2.44. The molecule has 25 heavy (non-hydrogen) atoms. The van der Waals surface area contributed by atoms with Crippen molar-refractivity contribution in [2.75, 3.05) is 19.7 Å². The van der Waals surface area contributed by atoms with Crippen molar-refractivity contribution < 1.29 is 23.5 Å². The molecular weight excluding hydrogens is 351 g/mol. The second-order valence-corrected chi connectivity index (χ2v) is 6.10. The Morgan fingerprint density at radius 2 is 2.16 bits per heavy atom. The Balaban J connectivity index is 1.82. The minimum Gasteiger partial charge on any atom is -0.452 e. The number of rotatable bonds is 5. The van der Waals surface area contributed by atoms with E-state index < -0.39 is 24.3 Å². The van der Waals surface area contributed by atoms with E-state index in [1.165, 1.54) is 29.2 Å². The summed E-state index contributed by atoms with van der Waals surface area (Å²) in [6.07, 6.45) is 3.86. The normalized spacial score (nSPS) is 17.5. The number of carbonyl (C=O) groups excluding carboxylic acids is 3. The fourth-order valence-corrected chi connectivity index (χ4v) is 2.68. The maximum absolute atomic E-state index is 13.0. The van der Waals surface area contributed by atoms with Crippen LogP contribution in [0.25, 0.3) is 6.08 Å². The molecule has 1 aromatic carbocycles. The molecule has 0 unspecified atom stereocenters. The zero-order chi connectivity index (χ0) is 18.4. The van der Waals surface area contributed by atoms with Crippen molar-refractivity contribution in [1.82, 2.24) is 4.90 Å². The molecule has 2 N–H and O–H groups in total. The highest BCUT2D eigenvalue weighted by atomic mass is 35.5. The van der Waals surface area contributed by atoms with Gasteiger partial charge in [0, 0.05) is 19.2 Å². The highest BCUT2D eigenvalue weighted by Gasteiger charge is 2.27. The van der Waals surface area contributed by atoms with Crippen molar-refractivity contribution >= 4 is 35.5 Å². The number of benzene rings is 1. The Kier molecular flexibility index (Phi) is 6.52. The molecule has 1 fully saturated rings. The number of halogens is 2. The first kappa shape index (κ1) is 18.9. The molecular formula is C17H18ClFN2O4. The molecule has 6 nitrogen and oxygen atoms in total. The van der Waals surface area contributed by atoms with E-state index >= 15 is 0 Å². The molecule has 1 aromatic rings. The molecule has 2 amide bonds. The fraction of sp³-hybridized carbons (Fsp3) is 0.353. The van der Waals surface area contributed by atoms with Crippen LogP contribution in [-0.2, 0) is 19.1 Å². The summed E-state index contributed by atoms with van der Waals surface area (Å²) in [5.41, 5.74) is 5.79. The van der Waals surface area contributed by atoms with Gasteiger partial charge in [-0.15, -0.1) is 0 Å². The van der Waals surface area contributed by atoms with E-state index in [0.29, 0.717) is 24.9 Å². The second kappa shape index (κ2) is 8.62. The van der Waals surface area contributed by atoms with Crippen molar-refractivity contribution in [3.63, 3.8) is 0 Å². The molecule has 8 heteroatoms. The molecule has 1 aliphatic rings. The third-order valence-electron chi connectivity index (χ3n) is 3.87. The summed E-state index contributed by atoms with van der Waals surface area (Å²) < 4.78 is 17.9. The lowest BCUT2D eigenvalue weighted by atomic mass is 9.97. The molecule has 0 radical (unpaired) electrons. The topological polar surface area (TPSA) is 89.7 Å². The Hall–Kier alpha value is -2.41. The Bertz CT molecular complexity index is 708. The van der Waals surface area contributed by atoms with E-state index in [0.717, 1.165) is 6.08 Å². The monoisotopic (exact) mass is 368 g/mol. The van der Waals surface area contributed by atoms with E-state index in [1.807, 2.05) is 0 Å². The predicted molar refractivity (Wildman–Crippen MR) is 89.9 cm³/mol. The minimum atomic E-state index is -0.711. The molecule has 0 saturated carbocycles. The van der Waals surface area contributed by atoms with Crippen molar-refractivity contribution in [2.45, 2.75) is 12.8 Å². The number of piperidine rings is 1. The Morgan fingerprint density at radius 3 is 2.84 bits per heavy atom. The lowest BCUT2D eigenvalue weighted by Crippen LogP contribution is -2.45. The van der Waals surface area contributed by atoms with Gasteiger partial charge < -0.3 is 15.4 Å². The van der Waals surface area contributed by atoms with Gasteiger partial charge in [0.25, 0.3) is 5.91 Å². The van der Waals surface area contributed by atoms with Gasteiger partial charge in [-0.3, -0.25) is 9.59 Å². The molecule has 0 spiro atoms. The number of carbonyl (C=O) groups is 3. The predicted octanol–water partition coefficient (Wildman–Crippen LogP) is 1.76. The summed E-state index contributed by atoms with van der Waals surface area (Å²) >= 11 is 5.64. The number of primary amides is 1. The molecule has 0 aliphatic carbocycles. The van der Waals surface area contributed by atoms with Crippen LogP contribution in [0.1, 0.15) is 18.4 Å². The van der Waals surface area contributed by atoms with Crippen LogP contribution in [0.2, 0.25) is 5.02 Å². The standard InChI is InChI=1S/C17H18ClFN2O4/c18-13-8-11(3-5-14(13)19)4-6-16(23)25-10-15(22)21-7-1-2-12(9-21)17(20)24/h3-6,8,12H,1-2,7,9-10H2,(H2,20,24)/b6-4+/t12-/m0/s1. The van der Waals surface area contributed by atoms with Gasteiger partial charge in [-0.1, -0.05) is 17.7 Å². The van der Waals surface area contributed by atoms with Crippen molar-refractivity contribution in [2.24, 2.45) is 11.7 Å². The maximum atomic E-state index is 13.0. The average Bonchev–Trinajstić information content (AvgIpc) is 2.60. The summed E-state index contributed by atoms with van der Waals surface area (Å²) in [6.45, 7) is 0.332. The Morgan fingerprint density at radius 1 is 1.40 bits per heavy atom. The van der Waals surface area contributed by atoms with Crippen LogP contribution in [-0.4, -0.2) is 42.4 Å². The zero-order valence-electron chi connectivity index (χ0n) is 13.4. The lowest BCUT2D eigenvalue weighted by Gasteiger charge is -2.30. The van der Waals surface area contributed by atoms with Crippen LogP contribution in [0.3, 0.4) is 0 Å². The van der Waals surface area contributed by atoms with Crippen molar-refractivity contribution in [1.29, 1.82) is 0 Å². The number of esters is 1. The molecule has 1 saturated heterocycles. The summed E-state index contributed by atoms with van der Waals surface area (Å²) in [6, 6.07) is 4.00. The first-order valence-electron chi connectivity index (χ1n) is 7.74. The third-order valence-corrected chi connectivity index (χ3v) is 4.16. The van der Waals surface area contributed by atoms with Crippen molar-refractivity contribution in [3.8, 4) is 0 Å². The molecule has 1 atom stereocenters. The van der Waals surface area contributed by atoms with Gasteiger partial charge in [-0.05, 0) is 36.6 Å². The number of hydrogen-bond donors (Lipinski definition) is 1. The van der Waals surface area contributed by atoms with Crippen LogP contribution >= 0.6 is 11.6 Å². The second-order valence-electron chi connectivity index (χ2n) is 5.70. The number of ether oxygens (including phenoxy) is 1. The molecule has 2 rings (SSSR count). The third kappa shape index (κ3) is 5.56. The number of nitrogens with two attached hydrogens (primary N) is 1. The van der Waals surface area contributed by atoms with Gasteiger partial charge in [-0.25, -0.2) is 9.18 Å². The lowest BCUT2D eigenvalue weighted by molar-refractivity contribution is -0.149. The number of hydrogen-bond acceptors (Lipinski definition) is 4. The molecule has 1 heterocycles. The highest BCUT2D eigenvalue weighted by molar-refractivity contribution is 6.30. The SMILES string of the molecule is NC(=O)[C@H]1CCCN(C(=O)COC(=O)/C=C/c2ccc(F)c(Cl)c2)C1. The van der Waals surface area contributed by atoms with E-state index in [9.17, 15) is 18.8 Å². The smallest absolute Gasteiger partial charge is 0.331 e. The summed E-state index contributed by atoms with van der Waals surface area (Å²) in [5, 5.41) is -0.0557. The first-order chi connectivity index (χ1) is 11.9. The van der Waals surface area contributed by atoms with Crippen LogP contribution in [0.4, 0.5) is 4.39 Å². The highest BCUT2D eigenvalue weighted by Crippen LogP contribution is 2.17. The average molecular weight is 369 g/mol. The van der Waals surface area contributed by atoms with E-state index in [2.05, 4.69) is 0 Å². The van der Waals surface area contributed by atoms with Gasteiger partial charge in [0.15, 0.2) is 6.61 Å². The molecule has 0 bridgehead atoms. The number of likely N-dealkylation sites (tertiary alicyclic amines) is 1. The minimum absolute atomic E-state index is 0.0557. The van der Waals surface area contributed by atoms with Crippen molar-refractivity contribution in [3.05, 3.63) is 40.7 Å². The van der Waals surface area contributed by atoms with Gasteiger partial charge in [0.2, 0.25) is 5.91 Å². The first-order valence-corrected chi connectivity index (χ1v) is 8.11. The van der Waals surface area contributed by atoms with Gasteiger partial charge >= 0.3 is 5.97 Å². The number of nitrogens with zero attached hydrogens (tertiary/aromatic N) is 1. The summed E-state index contributed by atoms with van der Waals surface area (Å²) in [7, 11) is 0. The molecule has 1 aliphatic heterocycles. The van der Waals surface area contributed by atoms with Crippen LogP contribution in [0.15, 0.2) is 24.3 Å². The van der Waals surface area contributed by atoms with Gasteiger partial charge in [-0.2, -0.15) is 0 Å². The van der Waals surface area contributed by atoms with E-state index in [4.69, 9.17) is 22.1 Å². The maximum Gasteiger partial charge on any atom is 0.331 e. The zero-order valence-corrected chi connectivity index (χ0v) is 14.2. The Labute approximate surface area is 149 Å². The summed E-state index contributed by atoms with van der Waals surface area (Å²) in [4.78, 5) is 36.4. The quantitative estimate of drug-likeness (QED) is 0.633. The van der Waals surface area contributed by atoms with Gasteiger partial charge in [0.05, 0.1) is 10.9 Å².